The summed E-state index contributed by atoms with van der Waals surface area (Å²) in [7, 11) is 0. The molecule has 4 heteroatoms. The Labute approximate surface area is 76.5 Å². The van der Waals surface area contributed by atoms with Crippen LogP contribution < -0.4 is 0 Å². The molecule has 1 fully saturated rings. The summed E-state index contributed by atoms with van der Waals surface area (Å²) in [6, 6.07) is 0. The van der Waals surface area contributed by atoms with Crippen LogP contribution in [0, 0.1) is 5.92 Å². The minimum atomic E-state index is -0.250. The zero-order chi connectivity index (χ0) is 10.3. The van der Waals surface area contributed by atoms with Crippen LogP contribution in [-0.2, 0) is 14.3 Å². The van der Waals surface area contributed by atoms with Crippen LogP contribution in [0.5, 0.6) is 0 Å². The summed E-state index contributed by atoms with van der Waals surface area (Å²) < 4.78 is 5.19. The topological polar surface area (TPSA) is 63.6 Å². The lowest BCUT2D eigenvalue weighted by molar-refractivity contribution is -0.122. The highest BCUT2D eigenvalue weighted by molar-refractivity contribution is 5.64. The Morgan fingerprint density at radius 3 is 2.54 bits per heavy atom. The van der Waals surface area contributed by atoms with Gasteiger partial charge in [0.1, 0.15) is 12.0 Å². The zero-order valence-electron chi connectivity index (χ0n) is 7.40. The van der Waals surface area contributed by atoms with Crippen LogP contribution in [0.1, 0.15) is 6.92 Å². The van der Waals surface area contributed by atoms with Crippen molar-refractivity contribution in [1.29, 1.82) is 0 Å². The molecule has 0 aromatic rings. The Morgan fingerprint density at radius 1 is 1.77 bits per heavy atom. The highest BCUT2D eigenvalue weighted by Gasteiger charge is 2.44. The van der Waals surface area contributed by atoms with E-state index in [1.54, 1.807) is 6.08 Å². The maximum atomic E-state index is 10.1. The molecule has 0 saturated heterocycles. The molecule has 13 heavy (non-hydrogen) atoms. The molecule has 1 N–H and O–H groups in total. The van der Waals surface area contributed by atoms with Crippen LogP contribution in [-0.4, -0.2) is 30.2 Å². The van der Waals surface area contributed by atoms with E-state index in [4.69, 9.17) is 14.6 Å². The fourth-order valence-electron chi connectivity index (χ4n) is 1.01. The normalized spacial score (nSPS) is 23.6. The van der Waals surface area contributed by atoms with Crippen molar-refractivity contribution in [2.45, 2.75) is 13.0 Å². The second-order valence-corrected chi connectivity index (χ2v) is 2.30. The van der Waals surface area contributed by atoms with E-state index in [0.717, 1.165) is 0 Å². The molecule has 0 spiro atoms. The zero-order valence-corrected chi connectivity index (χ0v) is 7.40. The van der Waals surface area contributed by atoms with Gasteiger partial charge in [-0.2, -0.15) is 0 Å². The van der Waals surface area contributed by atoms with E-state index < -0.39 is 0 Å². The van der Waals surface area contributed by atoms with Gasteiger partial charge in [-0.1, -0.05) is 6.08 Å². The van der Waals surface area contributed by atoms with E-state index in [0.29, 0.717) is 12.2 Å². The SMILES string of the molecule is C=CC1C(=C=O)C1OCC.O=CO. The van der Waals surface area contributed by atoms with Gasteiger partial charge in [-0.25, -0.2) is 4.79 Å². The minimum Gasteiger partial charge on any atom is -0.483 e. The Balaban J connectivity index is 0.000000424. The number of hydrogen-bond acceptors (Lipinski definition) is 3. The average Bonchev–Trinajstić information content (AvgIpc) is 2.79. The fourth-order valence-corrected chi connectivity index (χ4v) is 1.01. The molecule has 0 radical (unpaired) electrons. The van der Waals surface area contributed by atoms with Crippen LogP contribution in [0.15, 0.2) is 18.2 Å². The minimum absolute atomic E-state index is 0.0139. The lowest BCUT2D eigenvalue weighted by atomic mass is 10.4. The van der Waals surface area contributed by atoms with Gasteiger partial charge in [0.05, 0.1) is 5.57 Å². The van der Waals surface area contributed by atoms with Gasteiger partial charge in [-0.3, -0.25) is 4.79 Å². The number of carboxylic acid groups (broad SMARTS) is 1. The molecule has 0 aliphatic heterocycles. The number of carbonyl (C=O) groups is 1. The molecule has 1 aliphatic carbocycles. The largest absolute Gasteiger partial charge is 0.483 e. The van der Waals surface area contributed by atoms with Crippen molar-refractivity contribution in [3.05, 3.63) is 18.2 Å². The molecule has 4 nitrogen and oxygen atoms in total. The molecule has 0 heterocycles. The Morgan fingerprint density at radius 2 is 2.31 bits per heavy atom. The highest BCUT2D eigenvalue weighted by Crippen LogP contribution is 2.39. The summed E-state index contributed by atoms with van der Waals surface area (Å²) in [6.07, 6.45) is 1.71. The average molecular weight is 184 g/mol. The van der Waals surface area contributed by atoms with E-state index in [2.05, 4.69) is 6.58 Å². The van der Waals surface area contributed by atoms with Crippen LogP contribution in [0.3, 0.4) is 0 Å². The summed E-state index contributed by atoms with van der Waals surface area (Å²) in [6.45, 7) is 5.87. The second kappa shape index (κ2) is 6.17. The summed E-state index contributed by atoms with van der Waals surface area (Å²) in [5.41, 5.74) is 0.705. The molecule has 1 aliphatic rings. The van der Waals surface area contributed by atoms with Crippen molar-refractivity contribution in [2.75, 3.05) is 6.61 Å². The van der Waals surface area contributed by atoms with Gasteiger partial charge in [0, 0.05) is 12.5 Å². The molecular formula is C9H12O4. The van der Waals surface area contributed by atoms with Gasteiger partial charge >= 0.3 is 0 Å². The van der Waals surface area contributed by atoms with Crippen LogP contribution in [0.4, 0.5) is 0 Å². The van der Waals surface area contributed by atoms with Crippen molar-refractivity contribution in [3.63, 3.8) is 0 Å². The Kier molecular flexibility index (Phi) is 5.52. The molecule has 72 valence electrons. The predicted molar refractivity (Wildman–Crippen MR) is 47.0 cm³/mol. The summed E-state index contributed by atoms with van der Waals surface area (Å²) in [4.78, 5) is 18.5. The fraction of sp³-hybridized carbons (Fsp3) is 0.444. The number of ether oxygens (including phenoxy) is 1. The lowest BCUT2D eigenvalue weighted by Crippen LogP contribution is -1.94. The van der Waals surface area contributed by atoms with Crippen LogP contribution in [0.2, 0.25) is 0 Å². The van der Waals surface area contributed by atoms with Gasteiger partial charge in [-0.15, -0.1) is 6.58 Å². The predicted octanol–water partition coefficient (Wildman–Crippen LogP) is 0.666. The third-order valence-corrected chi connectivity index (χ3v) is 1.60. The van der Waals surface area contributed by atoms with Gasteiger partial charge in [0.25, 0.3) is 6.47 Å². The number of carbonyl (C=O) groups excluding carboxylic acids is 1. The first kappa shape index (κ1) is 11.6. The maximum absolute atomic E-state index is 10.1. The highest BCUT2D eigenvalue weighted by atomic mass is 16.5. The maximum Gasteiger partial charge on any atom is 0.290 e. The quantitative estimate of drug-likeness (QED) is 0.397. The van der Waals surface area contributed by atoms with Crippen molar-refractivity contribution < 1.29 is 19.4 Å². The van der Waals surface area contributed by atoms with Crippen molar-refractivity contribution in [2.24, 2.45) is 5.92 Å². The number of rotatable bonds is 3. The lowest BCUT2D eigenvalue weighted by Gasteiger charge is -1.91. The summed E-state index contributed by atoms with van der Waals surface area (Å²) in [5, 5.41) is 6.89. The molecule has 0 aromatic heterocycles. The van der Waals surface area contributed by atoms with Gasteiger partial charge in [-0.05, 0) is 6.92 Å². The van der Waals surface area contributed by atoms with Crippen molar-refractivity contribution in [1.82, 2.24) is 0 Å². The first-order chi connectivity index (χ1) is 6.26. The third kappa shape index (κ3) is 3.23. The van der Waals surface area contributed by atoms with Crippen LogP contribution >= 0.6 is 0 Å². The number of hydrogen-bond donors (Lipinski definition) is 1. The molecule has 0 amide bonds. The standard InChI is InChI=1S/C8H10O2.CH2O2/c1-3-6-7(5-9)8(6)10-4-2;2-1-3/h3,6,8H,1,4H2,2H3;1H,(H,2,3). The molecule has 1 saturated carbocycles. The first-order valence-corrected chi connectivity index (χ1v) is 3.83. The molecule has 1 rings (SSSR count). The third-order valence-electron chi connectivity index (χ3n) is 1.60. The molecule has 2 atom stereocenters. The molecule has 0 bridgehead atoms. The summed E-state index contributed by atoms with van der Waals surface area (Å²) in [5.74, 6) is 1.98. The molecular weight excluding hydrogens is 172 g/mol. The monoisotopic (exact) mass is 184 g/mol. The first-order valence-electron chi connectivity index (χ1n) is 3.83. The van der Waals surface area contributed by atoms with Gasteiger partial charge < -0.3 is 9.84 Å². The van der Waals surface area contributed by atoms with E-state index in [1.807, 2.05) is 12.9 Å². The van der Waals surface area contributed by atoms with E-state index in [9.17, 15) is 4.79 Å². The van der Waals surface area contributed by atoms with Gasteiger partial charge in [0.15, 0.2) is 0 Å². The molecule has 0 aromatic carbocycles. The second-order valence-electron chi connectivity index (χ2n) is 2.30. The van der Waals surface area contributed by atoms with E-state index in [-0.39, 0.29) is 18.5 Å². The smallest absolute Gasteiger partial charge is 0.290 e. The van der Waals surface area contributed by atoms with Crippen molar-refractivity contribution >= 4 is 12.4 Å². The van der Waals surface area contributed by atoms with Crippen molar-refractivity contribution in [3.8, 4) is 0 Å². The Hall–Kier alpha value is -1.38. The van der Waals surface area contributed by atoms with E-state index in [1.165, 1.54) is 0 Å². The van der Waals surface area contributed by atoms with E-state index >= 15 is 0 Å². The Bertz CT molecular complexity index is 228. The molecule has 2 unspecified atom stereocenters. The summed E-state index contributed by atoms with van der Waals surface area (Å²) >= 11 is 0. The van der Waals surface area contributed by atoms with Crippen LogP contribution in [0.25, 0.3) is 0 Å². The van der Waals surface area contributed by atoms with Gasteiger partial charge in [0.2, 0.25) is 0 Å².